The smallest absolute Gasteiger partial charge is 0.234 e. The first kappa shape index (κ1) is 21.1. The molecule has 2 heterocycles. The summed E-state index contributed by atoms with van der Waals surface area (Å²) in [5.41, 5.74) is 4.65. The number of hydrogen-bond donors (Lipinski definition) is 1. The molecule has 0 saturated heterocycles. The topological polar surface area (TPSA) is 59.8 Å². The second-order valence-electron chi connectivity index (χ2n) is 8.06. The summed E-state index contributed by atoms with van der Waals surface area (Å²) < 4.78 is 2.19. The molecule has 158 valence electrons. The molecule has 1 N–H and O–H groups in total. The molecule has 1 unspecified atom stereocenters. The number of anilines is 1. The number of benzene rings is 1. The van der Waals surface area contributed by atoms with Crippen molar-refractivity contribution in [3.8, 4) is 11.4 Å². The van der Waals surface area contributed by atoms with Gasteiger partial charge < -0.3 is 9.88 Å². The standard InChI is InChI=1S/C23H28N4OS2/c1-4-10-27-22(19-13-29-20-12-16(3)8-9-18(19)20)25-26-23(27)30-14-21(28)24-17-7-5-6-15(2)11-17/h5-7,11,13,16H,4,8-10,12,14H2,1-3H3,(H,24,28). The Kier molecular flexibility index (Phi) is 6.58. The molecular weight excluding hydrogens is 412 g/mol. The molecule has 1 aliphatic carbocycles. The molecule has 3 aromatic rings. The van der Waals surface area contributed by atoms with E-state index >= 15 is 0 Å². The van der Waals surface area contributed by atoms with E-state index in [9.17, 15) is 4.79 Å². The average Bonchev–Trinajstić information content (AvgIpc) is 3.30. The van der Waals surface area contributed by atoms with Gasteiger partial charge in [0.15, 0.2) is 11.0 Å². The van der Waals surface area contributed by atoms with Crippen LogP contribution in [-0.4, -0.2) is 26.4 Å². The van der Waals surface area contributed by atoms with Crippen molar-refractivity contribution in [2.24, 2.45) is 5.92 Å². The highest BCUT2D eigenvalue weighted by Crippen LogP contribution is 2.38. The van der Waals surface area contributed by atoms with Gasteiger partial charge in [-0.1, -0.05) is 37.7 Å². The molecule has 4 rings (SSSR count). The number of carbonyl (C=O) groups excluding carboxylic acids is 1. The van der Waals surface area contributed by atoms with Gasteiger partial charge in [0.05, 0.1) is 5.75 Å². The van der Waals surface area contributed by atoms with Crippen molar-refractivity contribution >= 4 is 34.7 Å². The van der Waals surface area contributed by atoms with Gasteiger partial charge >= 0.3 is 0 Å². The molecule has 0 radical (unpaired) electrons. The van der Waals surface area contributed by atoms with E-state index in [-0.39, 0.29) is 5.91 Å². The number of nitrogens with zero attached hydrogens (tertiary/aromatic N) is 3. The molecule has 2 aromatic heterocycles. The number of amides is 1. The van der Waals surface area contributed by atoms with Gasteiger partial charge in [-0.05, 0) is 61.8 Å². The highest BCUT2D eigenvalue weighted by molar-refractivity contribution is 7.99. The van der Waals surface area contributed by atoms with Crippen molar-refractivity contribution in [2.45, 2.75) is 58.2 Å². The van der Waals surface area contributed by atoms with Gasteiger partial charge in [-0.25, -0.2) is 0 Å². The van der Waals surface area contributed by atoms with Gasteiger partial charge in [-0.3, -0.25) is 4.79 Å². The lowest BCUT2D eigenvalue weighted by Crippen LogP contribution is -2.15. The first-order chi connectivity index (χ1) is 14.5. The molecule has 1 amide bonds. The summed E-state index contributed by atoms with van der Waals surface area (Å²) in [4.78, 5) is 13.9. The number of aryl methyl sites for hydroxylation is 1. The largest absolute Gasteiger partial charge is 0.325 e. The Balaban J connectivity index is 1.50. The number of thiophene rings is 1. The van der Waals surface area contributed by atoms with Crippen LogP contribution >= 0.6 is 23.1 Å². The molecule has 30 heavy (non-hydrogen) atoms. The molecule has 1 aliphatic rings. The quantitative estimate of drug-likeness (QED) is 0.487. The van der Waals surface area contributed by atoms with E-state index in [2.05, 4.69) is 39.3 Å². The summed E-state index contributed by atoms with van der Waals surface area (Å²) in [6, 6.07) is 7.85. The van der Waals surface area contributed by atoms with Crippen molar-refractivity contribution in [1.29, 1.82) is 0 Å². The highest BCUT2D eigenvalue weighted by Gasteiger charge is 2.24. The van der Waals surface area contributed by atoms with Crippen LogP contribution in [0.2, 0.25) is 0 Å². The summed E-state index contributed by atoms with van der Waals surface area (Å²) in [6.45, 7) is 7.36. The Morgan fingerprint density at radius 2 is 2.23 bits per heavy atom. The summed E-state index contributed by atoms with van der Waals surface area (Å²) in [6.07, 6.45) is 4.52. The summed E-state index contributed by atoms with van der Waals surface area (Å²) >= 11 is 3.31. The van der Waals surface area contributed by atoms with Crippen LogP contribution < -0.4 is 5.32 Å². The molecule has 5 nitrogen and oxygen atoms in total. The number of thioether (sulfide) groups is 1. The Labute approximate surface area is 186 Å². The van der Waals surface area contributed by atoms with E-state index in [4.69, 9.17) is 0 Å². The number of nitrogens with one attached hydrogen (secondary N) is 1. The second kappa shape index (κ2) is 9.35. The van der Waals surface area contributed by atoms with E-state index < -0.39 is 0 Å². The van der Waals surface area contributed by atoms with Gasteiger partial charge in [0.25, 0.3) is 0 Å². The molecule has 0 aliphatic heterocycles. The maximum absolute atomic E-state index is 12.4. The zero-order chi connectivity index (χ0) is 21.1. The molecule has 1 aromatic carbocycles. The number of hydrogen-bond acceptors (Lipinski definition) is 5. The number of aromatic nitrogens is 3. The first-order valence-corrected chi connectivity index (χ1v) is 12.4. The van der Waals surface area contributed by atoms with Crippen LogP contribution in [0.1, 0.15) is 42.7 Å². The second-order valence-corrected chi connectivity index (χ2v) is 9.97. The zero-order valence-electron chi connectivity index (χ0n) is 17.8. The minimum Gasteiger partial charge on any atom is -0.325 e. The third-order valence-electron chi connectivity index (χ3n) is 5.44. The van der Waals surface area contributed by atoms with Crippen molar-refractivity contribution < 1.29 is 4.79 Å². The molecule has 0 spiro atoms. The van der Waals surface area contributed by atoms with Crippen molar-refractivity contribution in [1.82, 2.24) is 14.8 Å². The maximum Gasteiger partial charge on any atom is 0.234 e. The lowest BCUT2D eigenvalue weighted by Gasteiger charge is -2.19. The lowest BCUT2D eigenvalue weighted by molar-refractivity contribution is -0.113. The van der Waals surface area contributed by atoms with Crippen LogP contribution in [0.3, 0.4) is 0 Å². The number of carbonyl (C=O) groups is 1. The van der Waals surface area contributed by atoms with Gasteiger partial charge in [0, 0.05) is 28.1 Å². The fourth-order valence-electron chi connectivity index (χ4n) is 3.93. The van der Waals surface area contributed by atoms with Crippen molar-refractivity contribution in [3.05, 3.63) is 45.6 Å². The Morgan fingerprint density at radius 1 is 1.37 bits per heavy atom. The SMILES string of the molecule is CCCn1c(SCC(=O)Nc2cccc(C)c2)nnc1-c1csc2c1CCC(C)C2. The van der Waals surface area contributed by atoms with Gasteiger partial charge in [-0.15, -0.1) is 21.5 Å². The lowest BCUT2D eigenvalue weighted by atomic mass is 9.88. The Hall–Kier alpha value is -2.12. The molecule has 7 heteroatoms. The third kappa shape index (κ3) is 4.62. The van der Waals surface area contributed by atoms with Crippen molar-refractivity contribution in [3.63, 3.8) is 0 Å². The molecule has 0 fully saturated rings. The molecular formula is C23H28N4OS2. The average molecular weight is 441 g/mol. The summed E-state index contributed by atoms with van der Waals surface area (Å²) in [7, 11) is 0. The summed E-state index contributed by atoms with van der Waals surface area (Å²) in [5, 5.41) is 15.0. The van der Waals surface area contributed by atoms with E-state index in [1.807, 2.05) is 42.5 Å². The predicted octanol–water partition coefficient (Wildman–Crippen LogP) is 5.58. The maximum atomic E-state index is 12.4. The van der Waals surface area contributed by atoms with Gasteiger partial charge in [0.1, 0.15) is 0 Å². The fourth-order valence-corrected chi connectivity index (χ4v) is 5.94. The zero-order valence-corrected chi connectivity index (χ0v) is 19.4. The minimum absolute atomic E-state index is 0.0277. The highest BCUT2D eigenvalue weighted by atomic mass is 32.2. The number of rotatable bonds is 7. The monoisotopic (exact) mass is 440 g/mol. The Bertz CT molecular complexity index is 1040. The molecule has 0 bridgehead atoms. The Morgan fingerprint density at radius 3 is 3.03 bits per heavy atom. The predicted molar refractivity (Wildman–Crippen MR) is 125 cm³/mol. The van der Waals surface area contributed by atoms with Crippen LogP contribution in [0, 0.1) is 12.8 Å². The summed E-state index contributed by atoms with van der Waals surface area (Å²) in [5.74, 6) is 2.00. The van der Waals surface area contributed by atoms with Crippen LogP contribution in [0.15, 0.2) is 34.8 Å². The first-order valence-electron chi connectivity index (χ1n) is 10.6. The van der Waals surface area contributed by atoms with Crippen LogP contribution in [-0.2, 0) is 24.2 Å². The van der Waals surface area contributed by atoms with Crippen molar-refractivity contribution in [2.75, 3.05) is 11.1 Å². The minimum atomic E-state index is -0.0277. The third-order valence-corrected chi connectivity index (χ3v) is 7.46. The van der Waals surface area contributed by atoms with E-state index in [1.54, 1.807) is 0 Å². The fraction of sp³-hybridized carbons (Fsp3) is 0.435. The molecule has 1 atom stereocenters. The van der Waals surface area contributed by atoms with E-state index in [0.29, 0.717) is 5.75 Å². The number of fused-ring (bicyclic) bond motifs is 1. The van der Waals surface area contributed by atoms with E-state index in [0.717, 1.165) is 47.5 Å². The van der Waals surface area contributed by atoms with Crippen LogP contribution in [0.25, 0.3) is 11.4 Å². The van der Waals surface area contributed by atoms with Crippen LogP contribution in [0.5, 0.6) is 0 Å². The van der Waals surface area contributed by atoms with Gasteiger partial charge in [0.2, 0.25) is 5.91 Å². The van der Waals surface area contributed by atoms with E-state index in [1.165, 1.54) is 40.6 Å². The van der Waals surface area contributed by atoms with Gasteiger partial charge in [-0.2, -0.15) is 0 Å². The molecule has 0 saturated carbocycles. The normalized spacial score (nSPS) is 15.8. The van der Waals surface area contributed by atoms with Crippen LogP contribution in [0.4, 0.5) is 5.69 Å².